The van der Waals surface area contributed by atoms with Crippen molar-refractivity contribution in [2.75, 3.05) is 0 Å². The second-order valence-corrected chi connectivity index (χ2v) is 6.27. The van der Waals surface area contributed by atoms with Gasteiger partial charge in [0.15, 0.2) is 0 Å². The molecule has 0 aliphatic heterocycles. The van der Waals surface area contributed by atoms with Gasteiger partial charge in [0.25, 0.3) is 0 Å². The van der Waals surface area contributed by atoms with Gasteiger partial charge in [-0.2, -0.15) is 0 Å². The first-order valence-electron chi connectivity index (χ1n) is 7.07. The van der Waals surface area contributed by atoms with E-state index < -0.39 is 0 Å². The molecule has 0 bridgehead atoms. The normalized spacial score (nSPS) is 13.2. The van der Waals surface area contributed by atoms with Crippen molar-refractivity contribution >= 4 is 0 Å². The van der Waals surface area contributed by atoms with E-state index in [1.807, 2.05) is 0 Å². The van der Waals surface area contributed by atoms with Gasteiger partial charge in [-0.25, -0.2) is 4.39 Å². The molecule has 0 spiro atoms. The number of hydrogen-bond donors (Lipinski definition) is 2. The summed E-state index contributed by atoms with van der Waals surface area (Å²) in [6.07, 6.45) is 1.92. The van der Waals surface area contributed by atoms with E-state index in [-0.39, 0.29) is 17.3 Å². The van der Waals surface area contributed by atoms with Gasteiger partial charge in [-0.15, -0.1) is 0 Å². The Morgan fingerprint density at radius 1 is 1.14 bits per heavy atom. The summed E-state index contributed by atoms with van der Waals surface area (Å²) in [5.41, 5.74) is 6.08. The van der Waals surface area contributed by atoms with Crippen LogP contribution in [0.1, 0.15) is 43.6 Å². The Morgan fingerprint density at radius 3 is 2.29 bits per heavy atom. The van der Waals surface area contributed by atoms with Gasteiger partial charge in [-0.05, 0) is 35.1 Å². The maximum atomic E-state index is 12.9. The number of hydrogen-bond acceptors (Lipinski definition) is 3. The van der Waals surface area contributed by atoms with Crippen molar-refractivity contribution in [1.29, 1.82) is 0 Å². The van der Waals surface area contributed by atoms with E-state index in [9.17, 15) is 4.39 Å². The Labute approximate surface area is 125 Å². The van der Waals surface area contributed by atoms with E-state index in [0.29, 0.717) is 6.42 Å². The fourth-order valence-corrected chi connectivity index (χ4v) is 2.22. The molecule has 0 fully saturated rings. The number of nitrogens with one attached hydrogen (secondary N) is 1. The Bertz CT molecular complexity index is 570. The third kappa shape index (κ3) is 4.09. The van der Waals surface area contributed by atoms with Crippen molar-refractivity contribution in [3.05, 3.63) is 65.2 Å². The largest absolute Gasteiger partial charge is 0.271 e. The molecule has 2 rings (SSSR count). The second-order valence-electron chi connectivity index (χ2n) is 6.27. The number of nitrogens with two attached hydrogens (primary N) is 1. The molecule has 1 aromatic carbocycles. The topological polar surface area (TPSA) is 50.9 Å². The maximum Gasteiger partial charge on any atom is 0.141 e. The molecule has 3 N–H and O–H groups in total. The molecule has 0 radical (unpaired) electrons. The van der Waals surface area contributed by atoms with E-state index in [1.54, 1.807) is 6.07 Å². The van der Waals surface area contributed by atoms with Crippen LogP contribution in [-0.4, -0.2) is 4.98 Å². The van der Waals surface area contributed by atoms with Crippen molar-refractivity contribution in [3.63, 3.8) is 0 Å². The van der Waals surface area contributed by atoms with Gasteiger partial charge in [-0.1, -0.05) is 45.0 Å². The molecule has 3 nitrogen and oxygen atoms in total. The number of pyridine rings is 1. The predicted molar refractivity (Wildman–Crippen MR) is 83.1 cm³/mol. The Balaban J connectivity index is 2.13. The molecule has 2 aromatic rings. The highest BCUT2D eigenvalue weighted by Gasteiger charge is 2.15. The molecule has 1 aromatic heterocycles. The van der Waals surface area contributed by atoms with Gasteiger partial charge in [0.1, 0.15) is 5.82 Å². The lowest BCUT2D eigenvalue weighted by atomic mass is 9.86. The monoisotopic (exact) mass is 287 g/mol. The molecule has 1 heterocycles. The van der Waals surface area contributed by atoms with Gasteiger partial charge in [0, 0.05) is 0 Å². The molecule has 1 unspecified atom stereocenters. The third-order valence-corrected chi connectivity index (χ3v) is 3.57. The van der Waals surface area contributed by atoms with Gasteiger partial charge in [0.2, 0.25) is 0 Å². The van der Waals surface area contributed by atoms with Crippen molar-refractivity contribution in [1.82, 2.24) is 10.4 Å². The highest BCUT2D eigenvalue weighted by molar-refractivity contribution is 5.28. The minimum Gasteiger partial charge on any atom is -0.271 e. The average Bonchev–Trinajstić information content (AvgIpc) is 2.45. The van der Waals surface area contributed by atoms with Gasteiger partial charge >= 0.3 is 0 Å². The molecule has 0 amide bonds. The predicted octanol–water partition coefficient (Wildman–Crippen LogP) is 3.27. The highest BCUT2D eigenvalue weighted by Crippen LogP contribution is 2.23. The van der Waals surface area contributed by atoms with Crippen molar-refractivity contribution in [3.8, 4) is 0 Å². The first kappa shape index (κ1) is 15.6. The second kappa shape index (κ2) is 6.33. The Morgan fingerprint density at radius 2 is 1.81 bits per heavy atom. The summed E-state index contributed by atoms with van der Waals surface area (Å²) in [5, 5.41) is 0. The van der Waals surface area contributed by atoms with Crippen LogP contribution in [0.25, 0.3) is 0 Å². The van der Waals surface area contributed by atoms with Gasteiger partial charge < -0.3 is 0 Å². The van der Waals surface area contributed by atoms with Crippen LogP contribution in [-0.2, 0) is 11.8 Å². The molecule has 112 valence electrons. The minimum absolute atomic E-state index is 0.133. The Hall–Kier alpha value is -1.78. The zero-order valence-corrected chi connectivity index (χ0v) is 12.7. The quantitative estimate of drug-likeness (QED) is 0.670. The average molecular weight is 287 g/mol. The van der Waals surface area contributed by atoms with E-state index in [0.717, 1.165) is 11.3 Å². The summed E-state index contributed by atoms with van der Waals surface area (Å²) < 4.78 is 12.9. The zero-order valence-electron chi connectivity index (χ0n) is 12.7. The van der Waals surface area contributed by atoms with Crippen LogP contribution in [0.3, 0.4) is 0 Å². The smallest absolute Gasteiger partial charge is 0.141 e. The fourth-order valence-electron chi connectivity index (χ4n) is 2.22. The molecule has 0 saturated carbocycles. The molecule has 0 aliphatic rings. The van der Waals surface area contributed by atoms with Gasteiger partial charge in [-0.3, -0.25) is 16.3 Å². The maximum absolute atomic E-state index is 12.9. The number of benzene rings is 1. The van der Waals surface area contributed by atoms with Crippen LogP contribution < -0.4 is 11.3 Å². The van der Waals surface area contributed by atoms with Crippen LogP contribution in [0.2, 0.25) is 0 Å². The summed E-state index contributed by atoms with van der Waals surface area (Å²) >= 11 is 0. The lowest BCUT2D eigenvalue weighted by molar-refractivity contribution is 0.532. The minimum atomic E-state index is -0.343. The van der Waals surface area contributed by atoms with Crippen molar-refractivity contribution in [2.45, 2.75) is 38.6 Å². The summed E-state index contributed by atoms with van der Waals surface area (Å²) in [4.78, 5) is 4.08. The molecule has 4 heteroatoms. The highest BCUT2D eigenvalue weighted by atomic mass is 19.1. The summed E-state index contributed by atoms with van der Waals surface area (Å²) in [6, 6.07) is 11.4. The third-order valence-electron chi connectivity index (χ3n) is 3.57. The molecule has 0 aliphatic carbocycles. The van der Waals surface area contributed by atoms with Gasteiger partial charge in [0.05, 0.1) is 17.9 Å². The van der Waals surface area contributed by atoms with E-state index >= 15 is 0 Å². The number of halogens is 1. The lowest BCUT2D eigenvalue weighted by Gasteiger charge is -2.20. The number of nitrogens with zero attached hydrogens (tertiary/aromatic N) is 1. The number of rotatable bonds is 4. The number of aromatic nitrogens is 1. The molecular weight excluding hydrogens is 265 g/mol. The van der Waals surface area contributed by atoms with Crippen LogP contribution >= 0.6 is 0 Å². The van der Waals surface area contributed by atoms with E-state index in [4.69, 9.17) is 5.84 Å². The van der Waals surface area contributed by atoms with E-state index in [2.05, 4.69) is 55.4 Å². The molecule has 0 saturated heterocycles. The zero-order chi connectivity index (χ0) is 15.5. The summed E-state index contributed by atoms with van der Waals surface area (Å²) in [6.45, 7) is 6.57. The molecule has 21 heavy (non-hydrogen) atoms. The molecule has 1 atom stereocenters. The first-order valence-corrected chi connectivity index (χ1v) is 7.07. The first-order chi connectivity index (χ1) is 9.90. The fraction of sp³-hybridized carbons (Fsp3) is 0.353. The lowest BCUT2D eigenvalue weighted by Crippen LogP contribution is -2.30. The van der Waals surface area contributed by atoms with E-state index in [1.165, 1.54) is 17.8 Å². The van der Waals surface area contributed by atoms with Crippen molar-refractivity contribution < 1.29 is 4.39 Å². The van der Waals surface area contributed by atoms with Crippen LogP contribution in [0, 0.1) is 5.82 Å². The number of hydrazine groups is 1. The van der Waals surface area contributed by atoms with Crippen LogP contribution in [0.4, 0.5) is 4.39 Å². The van der Waals surface area contributed by atoms with Crippen LogP contribution in [0.15, 0.2) is 42.6 Å². The summed E-state index contributed by atoms with van der Waals surface area (Å²) in [7, 11) is 0. The SMILES string of the molecule is CC(C)(C)c1ccc(CC(NN)c2ccc(F)cn2)cc1. The summed E-state index contributed by atoms with van der Waals surface area (Å²) in [5.74, 6) is 5.26. The Kier molecular flexibility index (Phi) is 4.70. The van der Waals surface area contributed by atoms with Crippen molar-refractivity contribution in [2.24, 2.45) is 5.84 Å². The standard InChI is InChI=1S/C17H22FN3/c1-17(2,3)13-6-4-12(5-7-13)10-16(21-19)15-9-8-14(18)11-20-15/h4-9,11,16,21H,10,19H2,1-3H3. The van der Waals surface area contributed by atoms with Crippen LogP contribution in [0.5, 0.6) is 0 Å². The molecular formula is C17H22FN3.